The average Bonchev–Trinajstić information content (AvgIpc) is 2.96. The third-order valence-electron chi connectivity index (χ3n) is 5.12. The van der Waals surface area contributed by atoms with Crippen molar-refractivity contribution in [1.29, 1.82) is 0 Å². The van der Waals surface area contributed by atoms with Gasteiger partial charge < -0.3 is 14.9 Å². The van der Waals surface area contributed by atoms with Crippen molar-refractivity contribution >= 4 is 18.5 Å². The first kappa shape index (κ1) is 15.1. The SMILES string of the molecule is C[B]c1cc(O)cc2c1O[C@H](c1ccc(O)cc1)[C@@H]1CC(=O)C[C@H]21. The predicted molar refractivity (Wildman–Crippen MR) is 91.3 cm³/mol. The van der Waals surface area contributed by atoms with Gasteiger partial charge in [0.25, 0.3) is 0 Å². The molecular formula is C19H18BO4. The Morgan fingerprint density at radius 1 is 1.08 bits per heavy atom. The normalized spacial score (nSPS) is 24.9. The predicted octanol–water partition coefficient (Wildman–Crippen LogP) is 2.67. The lowest BCUT2D eigenvalue weighted by molar-refractivity contribution is -0.117. The van der Waals surface area contributed by atoms with E-state index in [1.54, 1.807) is 24.3 Å². The van der Waals surface area contributed by atoms with Crippen LogP contribution in [0.3, 0.4) is 0 Å². The van der Waals surface area contributed by atoms with E-state index in [9.17, 15) is 15.0 Å². The molecule has 0 unspecified atom stereocenters. The smallest absolute Gasteiger partial charge is 0.153 e. The molecule has 2 aromatic carbocycles. The number of rotatable bonds is 2. The van der Waals surface area contributed by atoms with E-state index in [-0.39, 0.29) is 35.2 Å². The van der Waals surface area contributed by atoms with Crippen molar-refractivity contribution < 1.29 is 19.7 Å². The minimum Gasteiger partial charge on any atom is -0.508 e. The third kappa shape index (κ3) is 2.35. The van der Waals surface area contributed by atoms with Crippen LogP contribution >= 0.6 is 0 Å². The summed E-state index contributed by atoms with van der Waals surface area (Å²) in [5.41, 5.74) is 2.72. The fraction of sp³-hybridized carbons (Fsp3) is 0.316. The highest BCUT2D eigenvalue weighted by atomic mass is 16.5. The lowest BCUT2D eigenvalue weighted by Crippen LogP contribution is -2.31. The zero-order chi connectivity index (χ0) is 16.8. The molecule has 0 saturated heterocycles. The number of hydrogen-bond acceptors (Lipinski definition) is 4. The highest BCUT2D eigenvalue weighted by Crippen LogP contribution is 2.52. The van der Waals surface area contributed by atoms with Gasteiger partial charge in [0.1, 0.15) is 29.1 Å². The number of carbonyl (C=O) groups excluding carboxylic acids is 1. The Morgan fingerprint density at radius 2 is 1.83 bits per heavy atom. The molecule has 0 bridgehead atoms. The number of carbonyl (C=O) groups is 1. The van der Waals surface area contributed by atoms with Crippen molar-refractivity contribution in [3.05, 3.63) is 47.5 Å². The molecule has 1 saturated carbocycles. The van der Waals surface area contributed by atoms with Crippen molar-refractivity contribution in [2.45, 2.75) is 31.7 Å². The summed E-state index contributed by atoms with van der Waals surface area (Å²) < 4.78 is 6.32. The zero-order valence-electron chi connectivity index (χ0n) is 13.4. The molecule has 1 heterocycles. The van der Waals surface area contributed by atoms with Gasteiger partial charge in [0.05, 0.1) is 0 Å². The van der Waals surface area contributed by atoms with Crippen LogP contribution in [0.1, 0.15) is 36.0 Å². The van der Waals surface area contributed by atoms with Crippen molar-refractivity contribution in [1.82, 2.24) is 0 Å². The number of fused-ring (bicyclic) bond motifs is 3. The molecule has 0 spiro atoms. The van der Waals surface area contributed by atoms with Crippen molar-refractivity contribution in [2.24, 2.45) is 5.92 Å². The minimum absolute atomic E-state index is 0.0565. The van der Waals surface area contributed by atoms with Gasteiger partial charge in [-0.05, 0) is 35.3 Å². The average molecular weight is 321 g/mol. The van der Waals surface area contributed by atoms with Gasteiger partial charge in [0.2, 0.25) is 0 Å². The van der Waals surface area contributed by atoms with Crippen LogP contribution in [0.4, 0.5) is 0 Å². The maximum atomic E-state index is 12.1. The second-order valence-electron chi connectivity index (χ2n) is 6.59. The quantitative estimate of drug-likeness (QED) is 0.835. The Balaban J connectivity index is 1.84. The summed E-state index contributed by atoms with van der Waals surface area (Å²) >= 11 is 0. The topological polar surface area (TPSA) is 66.8 Å². The second kappa shape index (κ2) is 5.58. The Bertz CT molecular complexity index is 800. The summed E-state index contributed by atoms with van der Waals surface area (Å²) in [5.74, 6) is 1.51. The van der Waals surface area contributed by atoms with E-state index in [1.807, 2.05) is 26.2 Å². The Labute approximate surface area is 141 Å². The first-order valence-corrected chi connectivity index (χ1v) is 8.20. The minimum atomic E-state index is -0.224. The van der Waals surface area contributed by atoms with Crippen molar-refractivity contribution in [3.63, 3.8) is 0 Å². The molecule has 24 heavy (non-hydrogen) atoms. The van der Waals surface area contributed by atoms with E-state index in [0.29, 0.717) is 12.8 Å². The summed E-state index contributed by atoms with van der Waals surface area (Å²) in [7, 11) is 1.91. The van der Waals surface area contributed by atoms with Gasteiger partial charge >= 0.3 is 0 Å². The number of phenols is 2. The molecule has 2 N–H and O–H groups in total. The molecule has 1 aliphatic carbocycles. The summed E-state index contributed by atoms with van der Waals surface area (Å²) in [5, 5.41) is 19.5. The van der Waals surface area contributed by atoms with Crippen LogP contribution in [0, 0.1) is 5.92 Å². The van der Waals surface area contributed by atoms with Gasteiger partial charge in [-0.1, -0.05) is 19.0 Å². The fourth-order valence-corrected chi connectivity index (χ4v) is 4.02. The lowest BCUT2D eigenvalue weighted by Gasteiger charge is -2.37. The summed E-state index contributed by atoms with van der Waals surface area (Å²) in [6.45, 7) is 1.90. The molecule has 1 fully saturated rings. The highest BCUT2D eigenvalue weighted by Gasteiger charge is 2.45. The largest absolute Gasteiger partial charge is 0.508 e. The first-order valence-electron chi connectivity index (χ1n) is 8.20. The monoisotopic (exact) mass is 321 g/mol. The summed E-state index contributed by atoms with van der Waals surface area (Å²) in [4.78, 5) is 12.1. The van der Waals surface area contributed by atoms with E-state index in [0.717, 1.165) is 22.3 Å². The number of ketones is 1. The lowest BCUT2D eigenvalue weighted by atomic mass is 9.69. The maximum absolute atomic E-state index is 12.1. The number of phenolic OH excluding ortho intramolecular Hbond substituents is 2. The van der Waals surface area contributed by atoms with Gasteiger partial charge in [-0.3, -0.25) is 4.79 Å². The van der Waals surface area contributed by atoms with E-state index < -0.39 is 0 Å². The van der Waals surface area contributed by atoms with Gasteiger partial charge in [-0.25, -0.2) is 0 Å². The van der Waals surface area contributed by atoms with Crippen LogP contribution in [-0.2, 0) is 4.79 Å². The van der Waals surface area contributed by atoms with E-state index in [4.69, 9.17) is 4.74 Å². The van der Waals surface area contributed by atoms with E-state index in [2.05, 4.69) is 0 Å². The van der Waals surface area contributed by atoms with Crippen LogP contribution in [0.2, 0.25) is 6.82 Å². The number of hydrogen-bond donors (Lipinski definition) is 2. The van der Waals surface area contributed by atoms with E-state index >= 15 is 0 Å². The molecule has 121 valence electrons. The summed E-state index contributed by atoms with van der Waals surface area (Å²) in [6, 6.07) is 10.4. The second-order valence-corrected chi connectivity index (χ2v) is 6.59. The van der Waals surface area contributed by atoms with Crippen LogP contribution in [-0.4, -0.2) is 23.3 Å². The number of ether oxygens (including phenoxy) is 1. The standard InChI is InChI=1S/C19H18BO4/c1-20-17-9-13(23)8-16-14-6-12(22)7-15(14)18(24-19(16)17)10-2-4-11(21)5-3-10/h2-5,8-9,14-15,18,21,23H,6-7H2,1H3/t14-,15+,18+/m0/s1. The Kier molecular flexibility index (Phi) is 3.52. The molecule has 3 atom stereocenters. The number of benzene rings is 2. The molecule has 1 radical (unpaired) electrons. The molecule has 2 aromatic rings. The molecule has 1 aliphatic heterocycles. The maximum Gasteiger partial charge on any atom is 0.153 e. The number of Topliss-reactive ketones (excluding diaryl/α,β-unsaturated/α-hetero) is 1. The van der Waals surface area contributed by atoms with Gasteiger partial charge in [0, 0.05) is 30.2 Å². The molecule has 0 aromatic heterocycles. The van der Waals surface area contributed by atoms with Gasteiger partial charge in [-0.15, -0.1) is 0 Å². The Hall–Kier alpha value is -2.43. The Morgan fingerprint density at radius 3 is 2.54 bits per heavy atom. The van der Waals surface area contributed by atoms with Gasteiger partial charge in [0.15, 0.2) is 7.28 Å². The van der Waals surface area contributed by atoms with Crippen LogP contribution < -0.4 is 10.2 Å². The molecule has 0 amide bonds. The summed E-state index contributed by atoms with van der Waals surface area (Å²) in [6.07, 6.45) is 0.747. The molecule has 5 heteroatoms. The molecule has 4 nitrogen and oxygen atoms in total. The van der Waals surface area contributed by atoms with Crippen LogP contribution in [0.15, 0.2) is 36.4 Å². The molecular weight excluding hydrogens is 303 g/mol. The van der Waals surface area contributed by atoms with Crippen molar-refractivity contribution in [3.8, 4) is 17.2 Å². The van der Waals surface area contributed by atoms with Gasteiger partial charge in [-0.2, -0.15) is 0 Å². The zero-order valence-corrected chi connectivity index (χ0v) is 13.4. The fourth-order valence-electron chi connectivity index (χ4n) is 4.02. The molecule has 4 rings (SSSR count). The third-order valence-corrected chi connectivity index (χ3v) is 5.12. The number of aromatic hydroxyl groups is 2. The molecule has 2 aliphatic rings. The van der Waals surface area contributed by atoms with E-state index in [1.165, 1.54) is 0 Å². The first-order chi connectivity index (χ1) is 11.6. The van der Waals surface area contributed by atoms with Crippen LogP contribution in [0.25, 0.3) is 0 Å². The highest BCUT2D eigenvalue weighted by molar-refractivity contribution is 6.53. The van der Waals surface area contributed by atoms with Crippen LogP contribution in [0.5, 0.6) is 17.2 Å². The van der Waals surface area contributed by atoms with Crippen molar-refractivity contribution in [2.75, 3.05) is 0 Å².